The van der Waals surface area contributed by atoms with E-state index in [1.807, 2.05) is 36.4 Å². The van der Waals surface area contributed by atoms with Crippen LogP contribution in [0.4, 0.5) is 0 Å². The van der Waals surface area contributed by atoms with E-state index in [0.29, 0.717) is 12.0 Å². The van der Waals surface area contributed by atoms with Crippen LogP contribution in [-0.2, 0) is 16.5 Å². The van der Waals surface area contributed by atoms with Crippen molar-refractivity contribution in [2.24, 2.45) is 0 Å². The minimum absolute atomic E-state index is 0.0996. The zero-order valence-corrected chi connectivity index (χ0v) is 18.9. The summed E-state index contributed by atoms with van der Waals surface area (Å²) in [6.07, 6.45) is 4.45. The molecule has 2 aromatic carbocycles. The standard InChI is InChI=1S/C20H18O5S4/c1-24-15-7-3-13(4-8-15)6-10-18-16(20(26)28-27-18)11-14-5-9-17(25-2)19(12-14)29(21,22)23/h3-10,12H,11H2,1-2H3,(H,21,22,23). The Morgan fingerprint density at radius 1 is 1.03 bits per heavy atom. The van der Waals surface area contributed by atoms with Gasteiger partial charge in [-0.25, -0.2) is 0 Å². The first-order valence-corrected chi connectivity index (χ1v) is 12.4. The predicted molar refractivity (Wildman–Crippen MR) is 121 cm³/mol. The molecule has 0 bridgehead atoms. The van der Waals surface area contributed by atoms with Crippen molar-refractivity contribution >= 4 is 55.2 Å². The fourth-order valence-electron chi connectivity index (χ4n) is 2.70. The first kappa shape index (κ1) is 21.7. The summed E-state index contributed by atoms with van der Waals surface area (Å²) in [7, 11) is 1.67. The van der Waals surface area contributed by atoms with Crippen molar-refractivity contribution in [3.8, 4) is 11.5 Å². The molecule has 0 saturated carbocycles. The largest absolute Gasteiger partial charge is 0.497 e. The molecule has 3 rings (SSSR count). The minimum atomic E-state index is -4.39. The van der Waals surface area contributed by atoms with Gasteiger partial charge in [0.05, 0.1) is 14.2 Å². The van der Waals surface area contributed by atoms with Gasteiger partial charge in [-0.2, -0.15) is 8.42 Å². The van der Waals surface area contributed by atoms with Crippen molar-refractivity contribution in [1.29, 1.82) is 0 Å². The van der Waals surface area contributed by atoms with Gasteiger partial charge in [0.15, 0.2) is 0 Å². The molecule has 0 aliphatic carbocycles. The van der Waals surface area contributed by atoms with Gasteiger partial charge in [-0.1, -0.05) is 57.2 Å². The van der Waals surface area contributed by atoms with Crippen LogP contribution in [0.15, 0.2) is 47.4 Å². The third-order valence-electron chi connectivity index (χ3n) is 4.18. The predicted octanol–water partition coefficient (Wildman–Crippen LogP) is 5.56. The van der Waals surface area contributed by atoms with Crippen LogP contribution in [0.5, 0.6) is 11.5 Å². The summed E-state index contributed by atoms with van der Waals surface area (Å²) in [6.45, 7) is 0. The van der Waals surface area contributed by atoms with Gasteiger partial charge in [-0.15, -0.1) is 0 Å². The van der Waals surface area contributed by atoms with E-state index in [-0.39, 0.29) is 10.6 Å². The number of hydrogen-bond donors (Lipinski definition) is 1. The molecule has 3 aromatic rings. The molecule has 0 fully saturated rings. The molecule has 1 N–H and O–H groups in total. The van der Waals surface area contributed by atoms with Crippen molar-refractivity contribution < 1.29 is 22.4 Å². The molecule has 29 heavy (non-hydrogen) atoms. The zero-order valence-electron chi connectivity index (χ0n) is 15.6. The summed E-state index contributed by atoms with van der Waals surface area (Å²) >= 11 is 5.48. The van der Waals surface area contributed by atoms with Gasteiger partial charge in [0.1, 0.15) is 20.2 Å². The monoisotopic (exact) mass is 466 g/mol. The SMILES string of the molecule is COc1ccc(C=Cc2ssc(=S)c2Cc2ccc(OC)c(S(=O)(=O)O)c2)cc1. The highest BCUT2D eigenvalue weighted by atomic mass is 32.9. The maximum Gasteiger partial charge on any atom is 0.298 e. The second-order valence-electron chi connectivity index (χ2n) is 6.04. The van der Waals surface area contributed by atoms with Gasteiger partial charge < -0.3 is 9.47 Å². The van der Waals surface area contributed by atoms with E-state index in [2.05, 4.69) is 0 Å². The molecule has 9 heteroatoms. The van der Waals surface area contributed by atoms with Crippen molar-refractivity contribution in [2.75, 3.05) is 14.2 Å². The lowest BCUT2D eigenvalue weighted by atomic mass is 10.1. The highest BCUT2D eigenvalue weighted by molar-refractivity contribution is 7.86. The summed E-state index contributed by atoms with van der Waals surface area (Å²) in [5.74, 6) is 0.894. The first-order valence-electron chi connectivity index (χ1n) is 8.40. The molecular formula is C20H18O5S4. The van der Waals surface area contributed by atoms with Crippen LogP contribution in [0.3, 0.4) is 0 Å². The minimum Gasteiger partial charge on any atom is -0.497 e. The van der Waals surface area contributed by atoms with Gasteiger partial charge >= 0.3 is 0 Å². The molecule has 0 spiro atoms. The quantitative estimate of drug-likeness (QED) is 0.279. The van der Waals surface area contributed by atoms with E-state index < -0.39 is 10.1 Å². The van der Waals surface area contributed by atoms with Crippen LogP contribution in [-0.4, -0.2) is 27.2 Å². The fraction of sp³-hybridized carbons (Fsp3) is 0.150. The molecule has 152 valence electrons. The van der Waals surface area contributed by atoms with Gasteiger partial charge in [0.25, 0.3) is 10.1 Å². The Balaban J connectivity index is 1.90. The number of ether oxygens (including phenoxy) is 2. The highest BCUT2D eigenvalue weighted by Crippen LogP contribution is 2.31. The Kier molecular flexibility index (Phi) is 6.86. The smallest absolute Gasteiger partial charge is 0.298 e. The van der Waals surface area contributed by atoms with Crippen molar-refractivity contribution in [3.05, 3.63) is 67.9 Å². The molecule has 0 aliphatic heterocycles. The Morgan fingerprint density at radius 3 is 2.38 bits per heavy atom. The molecule has 0 radical (unpaired) electrons. The van der Waals surface area contributed by atoms with Crippen LogP contribution in [0.25, 0.3) is 12.2 Å². The van der Waals surface area contributed by atoms with E-state index in [1.165, 1.54) is 29.6 Å². The Hall–Kier alpha value is -2.04. The molecule has 0 aliphatic rings. The fourth-order valence-corrected chi connectivity index (χ4v) is 6.13. The van der Waals surface area contributed by atoms with E-state index in [0.717, 1.165) is 25.6 Å². The maximum atomic E-state index is 11.6. The Bertz CT molecular complexity index is 1190. The number of benzene rings is 2. The van der Waals surface area contributed by atoms with Crippen molar-refractivity contribution in [2.45, 2.75) is 11.3 Å². The molecule has 0 saturated heterocycles. The summed E-state index contributed by atoms with van der Waals surface area (Å²) in [5, 5.41) is 0. The zero-order chi connectivity index (χ0) is 21.0. The number of methoxy groups -OCH3 is 2. The lowest BCUT2D eigenvalue weighted by Gasteiger charge is -2.08. The summed E-state index contributed by atoms with van der Waals surface area (Å²) < 4.78 is 43.7. The van der Waals surface area contributed by atoms with Gasteiger partial charge in [0.2, 0.25) is 0 Å². The summed E-state index contributed by atoms with van der Waals surface area (Å²) in [4.78, 5) is 0.762. The summed E-state index contributed by atoms with van der Waals surface area (Å²) in [5.41, 5.74) is 2.69. The third-order valence-corrected chi connectivity index (χ3v) is 8.20. The molecule has 1 aromatic heterocycles. The topological polar surface area (TPSA) is 72.8 Å². The van der Waals surface area contributed by atoms with E-state index in [9.17, 15) is 13.0 Å². The van der Waals surface area contributed by atoms with Crippen LogP contribution in [0, 0.1) is 3.82 Å². The van der Waals surface area contributed by atoms with Crippen LogP contribution < -0.4 is 9.47 Å². The molecule has 5 nitrogen and oxygen atoms in total. The molecule has 0 amide bonds. The van der Waals surface area contributed by atoms with Crippen LogP contribution in [0.1, 0.15) is 21.6 Å². The van der Waals surface area contributed by atoms with E-state index in [4.69, 9.17) is 21.7 Å². The van der Waals surface area contributed by atoms with Crippen molar-refractivity contribution in [3.63, 3.8) is 0 Å². The molecule has 1 heterocycles. The third kappa shape index (κ3) is 5.31. The van der Waals surface area contributed by atoms with Gasteiger partial charge in [-0.05, 0) is 41.5 Å². The second-order valence-corrected chi connectivity index (χ2v) is 10.3. The lowest BCUT2D eigenvalue weighted by Crippen LogP contribution is -2.03. The number of hydrogen-bond acceptors (Lipinski definition) is 7. The lowest BCUT2D eigenvalue weighted by molar-refractivity contribution is 0.397. The van der Waals surface area contributed by atoms with Gasteiger partial charge in [-0.3, -0.25) is 4.55 Å². The maximum absolute atomic E-state index is 11.6. The van der Waals surface area contributed by atoms with Gasteiger partial charge in [0, 0.05) is 16.9 Å². The van der Waals surface area contributed by atoms with Crippen LogP contribution in [0.2, 0.25) is 0 Å². The van der Waals surface area contributed by atoms with E-state index in [1.54, 1.807) is 23.5 Å². The first-order chi connectivity index (χ1) is 13.8. The normalized spacial score (nSPS) is 11.7. The molecule has 0 unspecified atom stereocenters. The Morgan fingerprint density at radius 2 is 1.76 bits per heavy atom. The molecular weight excluding hydrogens is 448 g/mol. The van der Waals surface area contributed by atoms with Crippen LogP contribution >= 0.6 is 32.9 Å². The molecule has 0 atom stereocenters. The average Bonchev–Trinajstić information content (AvgIpc) is 3.05. The average molecular weight is 467 g/mol. The number of rotatable bonds is 7. The highest BCUT2D eigenvalue weighted by Gasteiger charge is 2.18. The Labute approximate surface area is 182 Å². The van der Waals surface area contributed by atoms with E-state index >= 15 is 0 Å². The summed E-state index contributed by atoms with van der Waals surface area (Å²) in [6, 6.07) is 12.4. The second kappa shape index (κ2) is 9.19. The van der Waals surface area contributed by atoms with Crippen molar-refractivity contribution in [1.82, 2.24) is 0 Å².